The highest BCUT2D eigenvalue weighted by atomic mass is 19.4. The second-order valence-electron chi connectivity index (χ2n) is 4.37. The molecule has 0 heterocycles. The Balaban J connectivity index is 1.99. The molecule has 0 unspecified atom stereocenters. The van der Waals surface area contributed by atoms with Crippen LogP contribution in [0.3, 0.4) is 0 Å². The number of hydrazone groups is 1. The summed E-state index contributed by atoms with van der Waals surface area (Å²) in [6.45, 7) is 0. The molecular weight excluding hydrogens is 297 g/mol. The van der Waals surface area contributed by atoms with Gasteiger partial charge in [0.2, 0.25) is 0 Å². The third kappa shape index (κ3) is 4.08. The monoisotopic (exact) mass is 308 g/mol. The van der Waals surface area contributed by atoms with Crippen LogP contribution < -0.4 is 5.43 Å². The second-order valence-corrected chi connectivity index (χ2v) is 4.37. The van der Waals surface area contributed by atoms with E-state index in [0.717, 1.165) is 12.1 Å². The molecule has 0 aliphatic rings. The summed E-state index contributed by atoms with van der Waals surface area (Å²) in [5.74, 6) is -0.599. The fraction of sp³-hybridized carbons (Fsp3) is 0.0667. The van der Waals surface area contributed by atoms with Crippen molar-refractivity contribution in [3.05, 3.63) is 65.2 Å². The highest BCUT2D eigenvalue weighted by molar-refractivity contribution is 5.95. The molecule has 0 radical (unpaired) electrons. The number of hydrogen-bond acceptors (Lipinski definition) is 3. The first-order valence-corrected chi connectivity index (χ1v) is 6.16. The van der Waals surface area contributed by atoms with Crippen LogP contribution in [0.5, 0.6) is 5.75 Å². The molecule has 4 nitrogen and oxygen atoms in total. The lowest BCUT2D eigenvalue weighted by Crippen LogP contribution is -2.17. The lowest BCUT2D eigenvalue weighted by atomic mass is 10.1. The third-order valence-corrected chi connectivity index (χ3v) is 2.73. The lowest BCUT2D eigenvalue weighted by Gasteiger charge is -2.05. The Morgan fingerprint density at radius 2 is 1.82 bits per heavy atom. The Morgan fingerprint density at radius 1 is 1.14 bits per heavy atom. The first-order chi connectivity index (χ1) is 10.4. The highest BCUT2D eigenvalue weighted by Crippen LogP contribution is 2.28. The van der Waals surface area contributed by atoms with Gasteiger partial charge < -0.3 is 5.11 Å². The lowest BCUT2D eigenvalue weighted by molar-refractivity contribution is -0.137. The molecule has 22 heavy (non-hydrogen) atoms. The number of amides is 1. The molecule has 114 valence electrons. The average Bonchev–Trinajstić information content (AvgIpc) is 2.47. The Hall–Kier alpha value is -2.83. The number of benzene rings is 2. The minimum absolute atomic E-state index is 0.0561. The van der Waals surface area contributed by atoms with E-state index in [4.69, 9.17) is 0 Å². The van der Waals surface area contributed by atoms with Gasteiger partial charge in [-0.05, 0) is 35.9 Å². The first-order valence-electron chi connectivity index (χ1n) is 6.16. The van der Waals surface area contributed by atoms with Crippen molar-refractivity contribution in [2.45, 2.75) is 6.18 Å². The fourth-order valence-corrected chi connectivity index (χ4v) is 1.64. The normalized spacial score (nSPS) is 11.6. The Bertz CT molecular complexity index is 695. The average molecular weight is 308 g/mol. The van der Waals surface area contributed by atoms with Gasteiger partial charge in [-0.25, -0.2) is 5.43 Å². The van der Waals surface area contributed by atoms with Gasteiger partial charge in [0.05, 0.1) is 11.8 Å². The van der Waals surface area contributed by atoms with Crippen LogP contribution in [0.2, 0.25) is 0 Å². The molecule has 0 aromatic heterocycles. The van der Waals surface area contributed by atoms with Gasteiger partial charge in [0, 0.05) is 5.56 Å². The number of hydrogen-bond donors (Lipinski definition) is 2. The molecule has 2 N–H and O–H groups in total. The SMILES string of the molecule is O=C(N/N=C/c1ccc(C(F)(F)F)cc1)c1cccc(O)c1. The molecule has 0 aliphatic heterocycles. The van der Waals surface area contributed by atoms with E-state index in [1.54, 1.807) is 0 Å². The summed E-state index contributed by atoms with van der Waals surface area (Å²) in [6, 6.07) is 10.0. The van der Waals surface area contributed by atoms with Crippen molar-refractivity contribution in [2.75, 3.05) is 0 Å². The molecule has 7 heteroatoms. The van der Waals surface area contributed by atoms with E-state index in [1.807, 2.05) is 0 Å². The number of aromatic hydroxyl groups is 1. The van der Waals surface area contributed by atoms with E-state index in [9.17, 15) is 23.1 Å². The van der Waals surface area contributed by atoms with Gasteiger partial charge in [-0.1, -0.05) is 18.2 Å². The number of alkyl halides is 3. The summed E-state index contributed by atoms with van der Waals surface area (Å²) < 4.78 is 37.2. The van der Waals surface area contributed by atoms with Crippen LogP contribution in [-0.4, -0.2) is 17.2 Å². The van der Waals surface area contributed by atoms with Gasteiger partial charge in [0.15, 0.2) is 0 Å². The van der Waals surface area contributed by atoms with E-state index >= 15 is 0 Å². The maximum absolute atomic E-state index is 12.4. The van der Waals surface area contributed by atoms with Crippen molar-refractivity contribution in [1.29, 1.82) is 0 Å². The number of phenols is 1. The molecule has 0 saturated heterocycles. The highest BCUT2D eigenvalue weighted by Gasteiger charge is 2.29. The predicted molar refractivity (Wildman–Crippen MR) is 74.6 cm³/mol. The molecule has 2 aromatic carbocycles. The number of halogens is 3. The smallest absolute Gasteiger partial charge is 0.416 e. The zero-order valence-corrected chi connectivity index (χ0v) is 11.1. The fourth-order valence-electron chi connectivity index (χ4n) is 1.64. The van der Waals surface area contributed by atoms with Crippen LogP contribution in [0.15, 0.2) is 53.6 Å². The minimum atomic E-state index is -4.39. The van der Waals surface area contributed by atoms with Gasteiger partial charge in [-0.3, -0.25) is 4.79 Å². The van der Waals surface area contributed by atoms with Crippen LogP contribution in [0.25, 0.3) is 0 Å². The number of carbonyl (C=O) groups excluding carboxylic acids is 1. The summed E-state index contributed by atoms with van der Waals surface area (Å²) in [4.78, 5) is 11.7. The van der Waals surface area contributed by atoms with E-state index in [2.05, 4.69) is 10.5 Å². The van der Waals surface area contributed by atoms with Crippen molar-refractivity contribution in [2.24, 2.45) is 5.10 Å². The predicted octanol–water partition coefficient (Wildman–Crippen LogP) is 3.17. The zero-order valence-electron chi connectivity index (χ0n) is 11.1. The quantitative estimate of drug-likeness (QED) is 0.676. The summed E-state index contributed by atoms with van der Waals surface area (Å²) in [5.41, 5.74) is 2.08. The minimum Gasteiger partial charge on any atom is -0.508 e. The summed E-state index contributed by atoms with van der Waals surface area (Å²) in [5, 5.41) is 12.9. The van der Waals surface area contributed by atoms with Crippen LogP contribution in [0.4, 0.5) is 13.2 Å². The van der Waals surface area contributed by atoms with E-state index in [1.165, 1.54) is 42.6 Å². The number of nitrogens with one attached hydrogen (secondary N) is 1. The molecule has 2 rings (SSSR count). The van der Waals surface area contributed by atoms with Crippen LogP contribution in [-0.2, 0) is 6.18 Å². The standard InChI is InChI=1S/C15H11F3N2O2/c16-15(17,18)12-6-4-10(5-7-12)9-19-20-14(22)11-2-1-3-13(21)8-11/h1-9,21H,(H,20,22)/b19-9+. The topological polar surface area (TPSA) is 61.7 Å². The van der Waals surface area contributed by atoms with Gasteiger partial charge in [-0.2, -0.15) is 18.3 Å². The second kappa shape index (κ2) is 6.30. The van der Waals surface area contributed by atoms with E-state index in [-0.39, 0.29) is 11.3 Å². The number of rotatable bonds is 3. The van der Waals surface area contributed by atoms with E-state index < -0.39 is 17.6 Å². The maximum Gasteiger partial charge on any atom is 0.416 e. The molecule has 0 fully saturated rings. The molecule has 0 atom stereocenters. The molecule has 1 amide bonds. The Kier molecular flexibility index (Phi) is 4.45. The van der Waals surface area contributed by atoms with Crippen molar-refractivity contribution >= 4 is 12.1 Å². The summed E-state index contributed by atoms with van der Waals surface area (Å²) in [7, 11) is 0. The molecule has 0 spiro atoms. The third-order valence-electron chi connectivity index (χ3n) is 2.73. The van der Waals surface area contributed by atoms with Crippen LogP contribution >= 0.6 is 0 Å². The molecular formula is C15H11F3N2O2. The van der Waals surface area contributed by atoms with E-state index in [0.29, 0.717) is 5.56 Å². The van der Waals surface area contributed by atoms with Gasteiger partial charge in [-0.15, -0.1) is 0 Å². The Morgan fingerprint density at radius 3 is 2.41 bits per heavy atom. The number of carbonyl (C=O) groups is 1. The van der Waals surface area contributed by atoms with Gasteiger partial charge in [0.1, 0.15) is 5.75 Å². The first kappa shape index (κ1) is 15.6. The van der Waals surface area contributed by atoms with Crippen LogP contribution in [0.1, 0.15) is 21.5 Å². The molecule has 0 bridgehead atoms. The van der Waals surface area contributed by atoms with Crippen molar-refractivity contribution < 1.29 is 23.1 Å². The number of nitrogens with zero attached hydrogens (tertiary/aromatic N) is 1. The molecule has 0 aliphatic carbocycles. The van der Waals surface area contributed by atoms with Crippen molar-refractivity contribution in [3.8, 4) is 5.75 Å². The number of phenolic OH excluding ortho intramolecular Hbond substituents is 1. The maximum atomic E-state index is 12.4. The zero-order chi connectivity index (χ0) is 16.2. The van der Waals surface area contributed by atoms with Gasteiger partial charge >= 0.3 is 6.18 Å². The summed E-state index contributed by atoms with van der Waals surface area (Å²) >= 11 is 0. The summed E-state index contributed by atoms with van der Waals surface area (Å²) in [6.07, 6.45) is -3.17. The Labute approximate surface area is 123 Å². The van der Waals surface area contributed by atoms with Gasteiger partial charge in [0.25, 0.3) is 5.91 Å². The van der Waals surface area contributed by atoms with Crippen molar-refractivity contribution in [1.82, 2.24) is 5.43 Å². The molecule has 0 saturated carbocycles. The largest absolute Gasteiger partial charge is 0.508 e. The van der Waals surface area contributed by atoms with Crippen LogP contribution in [0, 0.1) is 0 Å². The molecule has 2 aromatic rings. The van der Waals surface area contributed by atoms with Crippen molar-refractivity contribution in [3.63, 3.8) is 0 Å².